The molecule has 2 heterocycles. The summed E-state index contributed by atoms with van der Waals surface area (Å²) in [6.07, 6.45) is -2.56. The van der Waals surface area contributed by atoms with Crippen LogP contribution in [0.1, 0.15) is 0 Å². The Morgan fingerprint density at radius 2 is 2.00 bits per heavy atom. The topological polar surface area (TPSA) is 47.8 Å². The van der Waals surface area contributed by atoms with Crippen LogP contribution in [0.2, 0.25) is 0 Å². The number of hydrogen-bond donors (Lipinski definition) is 0. The number of aromatic nitrogens is 3. The number of hydrogen-bond acceptors (Lipinski definition) is 3. The van der Waals surface area contributed by atoms with Gasteiger partial charge in [0.2, 0.25) is 0 Å². The van der Waals surface area contributed by atoms with Gasteiger partial charge in [0.05, 0.1) is 0 Å². The lowest BCUT2D eigenvalue weighted by Gasteiger charge is -2.10. The van der Waals surface area contributed by atoms with Crippen molar-refractivity contribution in [1.82, 2.24) is 14.5 Å². The molecule has 0 aliphatic rings. The van der Waals surface area contributed by atoms with Gasteiger partial charge in [0.1, 0.15) is 0 Å². The van der Waals surface area contributed by atoms with Crippen molar-refractivity contribution in [2.24, 2.45) is 0 Å². The second-order valence-electron chi connectivity index (χ2n) is 2.76. The predicted molar refractivity (Wildman–Crippen MR) is 45.1 cm³/mol. The Bertz CT molecular complexity index is 561. The van der Waals surface area contributed by atoms with Crippen LogP contribution >= 0.6 is 0 Å². The van der Waals surface area contributed by atoms with Gasteiger partial charge in [-0.3, -0.25) is 0 Å². The Morgan fingerprint density at radius 3 is 2.67 bits per heavy atom. The third kappa shape index (κ3) is 1.56. The van der Waals surface area contributed by atoms with Crippen molar-refractivity contribution in [3.8, 4) is 0 Å². The number of pyridine rings is 1. The fraction of sp³-hybridized carbons (Fsp3) is 0.125. The van der Waals surface area contributed by atoms with Gasteiger partial charge in [-0.15, -0.1) is 13.2 Å². The number of fused-ring (bicyclic) bond motifs is 1. The van der Waals surface area contributed by atoms with Crippen LogP contribution in [0.5, 0.6) is 0 Å². The minimum atomic E-state index is -4.81. The summed E-state index contributed by atoms with van der Waals surface area (Å²) in [5.74, 6) is 0. The van der Waals surface area contributed by atoms with E-state index >= 15 is 0 Å². The quantitative estimate of drug-likeness (QED) is 0.664. The van der Waals surface area contributed by atoms with E-state index in [2.05, 4.69) is 9.97 Å². The summed E-state index contributed by atoms with van der Waals surface area (Å²) in [4.78, 5) is 17.6. The van der Waals surface area contributed by atoms with E-state index in [1.165, 1.54) is 18.3 Å². The molecule has 2 aromatic heterocycles. The first kappa shape index (κ1) is 9.63. The molecule has 2 rings (SSSR count). The van der Waals surface area contributed by atoms with Crippen LogP contribution in [0, 0.1) is 0 Å². The smallest absolute Gasteiger partial charge is 0.245 e. The molecule has 0 spiro atoms. The van der Waals surface area contributed by atoms with Crippen LogP contribution in [0.25, 0.3) is 11.0 Å². The zero-order valence-electron chi connectivity index (χ0n) is 7.19. The lowest BCUT2D eigenvalue weighted by molar-refractivity contribution is -0.203. The first-order valence-electron chi connectivity index (χ1n) is 3.90. The molecule has 7 heteroatoms. The zero-order chi connectivity index (χ0) is 11.1. The van der Waals surface area contributed by atoms with Gasteiger partial charge >= 0.3 is 12.0 Å². The predicted octanol–water partition coefficient (Wildman–Crippen LogP) is 1.27. The molecule has 0 aliphatic heterocycles. The highest BCUT2D eigenvalue weighted by atomic mass is 19.4. The molecule has 0 atom stereocenters. The second-order valence-corrected chi connectivity index (χ2v) is 2.76. The molecule has 2 aromatic rings. The summed E-state index contributed by atoms with van der Waals surface area (Å²) in [5, 5.41) is 0.162. The van der Waals surface area contributed by atoms with Gasteiger partial charge in [-0.25, -0.2) is 14.8 Å². The molecule has 0 radical (unpaired) electrons. The molecule has 78 valence electrons. The van der Waals surface area contributed by atoms with Gasteiger partial charge in [0.25, 0.3) is 0 Å². The molecule has 15 heavy (non-hydrogen) atoms. The van der Waals surface area contributed by atoms with Gasteiger partial charge in [0.15, 0.2) is 5.65 Å². The zero-order valence-corrected chi connectivity index (χ0v) is 7.19. The van der Waals surface area contributed by atoms with Crippen molar-refractivity contribution in [3.05, 3.63) is 35.0 Å². The summed E-state index contributed by atoms with van der Waals surface area (Å²) in [7, 11) is 0. The lowest BCUT2D eigenvalue weighted by Crippen LogP contribution is -2.33. The normalized spacial score (nSPS) is 11.9. The van der Waals surface area contributed by atoms with E-state index in [-0.39, 0.29) is 9.95 Å². The summed E-state index contributed by atoms with van der Waals surface area (Å²) in [6.45, 7) is 0. The van der Waals surface area contributed by atoms with Crippen LogP contribution in [0.15, 0.2) is 29.3 Å². The second kappa shape index (κ2) is 3.04. The average Bonchev–Trinajstić information content (AvgIpc) is 2.15. The maximum Gasteiger partial charge on any atom is 0.494 e. The molecule has 0 unspecified atom stereocenters. The van der Waals surface area contributed by atoms with E-state index in [4.69, 9.17) is 0 Å². The van der Waals surface area contributed by atoms with Crippen molar-refractivity contribution in [2.45, 2.75) is 6.30 Å². The third-order valence-electron chi connectivity index (χ3n) is 1.79. The summed E-state index contributed by atoms with van der Waals surface area (Å²) in [6, 6.07) is 2.87. The monoisotopic (exact) mass is 215 g/mol. The van der Waals surface area contributed by atoms with Crippen molar-refractivity contribution in [3.63, 3.8) is 0 Å². The van der Waals surface area contributed by atoms with Crippen molar-refractivity contribution in [1.29, 1.82) is 0 Å². The van der Waals surface area contributed by atoms with Gasteiger partial charge in [0, 0.05) is 17.8 Å². The standard InChI is InChI=1S/C8H4F3N3O/c9-8(10,11)14-6-5(2-1-3-12-6)4-13-7(14)15/h1-4H. The maximum absolute atomic E-state index is 12.5. The van der Waals surface area contributed by atoms with Crippen LogP contribution in [0.4, 0.5) is 13.2 Å². The van der Waals surface area contributed by atoms with Gasteiger partial charge < -0.3 is 0 Å². The number of alkyl halides is 3. The molecule has 0 aliphatic carbocycles. The number of rotatable bonds is 0. The SMILES string of the molecule is O=c1ncc2cccnc2n1C(F)(F)F. The van der Waals surface area contributed by atoms with E-state index in [0.717, 1.165) is 6.20 Å². The number of nitrogens with zero attached hydrogens (tertiary/aromatic N) is 3. The minimum absolute atomic E-state index is 0.162. The van der Waals surface area contributed by atoms with Crippen LogP contribution in [0.3, 0.4) is 0 Å². The molecule has 4 nitrogen and oxygen atoms in total. The highest BCUT2D eigenvalue weighted by Gasteiger charge is 2.34. The Labute approximate surface area is 81.0 Å². The first-order valence-corrected chi connectivity index (χ1v) is 3.90. The molecule has 0 bridgehead atoms. The van der Waals surface area contributed by atoms with Crippen LogP contribution < -0.4 is 5.69 Å². The maximum atomic E-state index is 12.5. The van der Waals surface area contributed by atoms with E-state index in [1.54, 1.807) is 0 Å². The Kier molecular flexibility index (Phi) is 1.95. The molecular weight excluding hydrogens is 211 g/mol. The molecule has 0 fully saturated rings. The van der Waals surface area contributed by atoms with Gasteiger partial charge in [-0.05, 0) is 12.1 Å². The van der Waals surface area contributed by atoms with E-state index < -0.39 is 17.6 Å². The molecule has 0 saturated heterocycles. The fourth-order valence-electron chi connectivity index (χ4n) is 1.20. The molecule has 0 N–H and O–H groups in total. The fourth-order valence-corrected chi connectivity index (χ4v) is 1.20. The Balaban J connectivity index is 2.93. The van der Waals surface area contributed by atoms with E-state index in [1.807, 2.05) is 0 Å². The largest absolute Gasteiger partial charge is 0.494 e. The lowest BCUT2D eigenvalue weighted by atomic mass is 10.3. The van der Waals surface area contributed by atoms with E-state index in [0.29, 0.717) is 0 Å². The highest BCUT2D eigenvalue weighted by Crippen LogP contribution is 2.23. The average molecular weight is 215 g/mol. The first-order chi connectivity index (χ1) is 7.00. The van der Waals surface area contributed by atoms with Crippen molar-refractivity contribution >= 4 is 11.0 Å². The summed E-state index contributed by atoms with van der Waals surface area (Å²) in [5.41, 5.74) is -1.82. The van der Waals surface area contributed by atoms with Gasteiger partial charge in [-0.2, -0.15) is 4.57 Å². The number of halogens is 3. The highest BCUT2D eigenvalue weighted by molar-refractivity contribution is 5.73. The van der Waals surface area contributed by atoms with Crippen LogP contribution in [-0.4, -0.2) is 14.5 Å². The Morgan fingerprint density at radius 1 is 1.27 bits per heavy atom. The third-order valence-corrected chi connectivity index (χ3v) is 1.79. The minimum Gasteiger partial charge on any atom is -0.245 e. The molecule has 0 saturated carbocycles. The van der Waals surface area contributed by atoms with Crippen molar-refractivity contribution < 1.29 is 13.2 Å². The van der Waals surface area contributed by atoms with E-state index in [9.17, 15) is 18.0 Å². The summed E-state index contributed by atoms with van der Waals surface area (Å²) >= 11 is 0. The van der Waals surface area contributed by atoms with Gasteiger partial charge in [-0.1, -0.05) is 0 Å². The van der Waals surface area contributed by atoms with Crippen molar-refractivity contribution in [2.75, 3.05) is 0 Å². The summed E-state index contributed by atoms with van der Waals surface area (Å²) < 4.78 is 37.0. The molecule has 0 amide bonds. The van der Waals surface area contributed by atoms with Crippen LogP contribution in [-0.2, 0) is 6.30 Å². The Hall–Kier alpha value is -1.92. The molecular formula is C8H4F3N3O. The molecule has 0 aromatic carbocycles.